The van der Waals surface area contributed by atoms with E-state index in [0.717, 1.165) is 0 Å². The van der Waals surface area contributed by atoms with E-state index in [1.807, 2.05) is 0 Å². The van der Waals surface area contributed by atoms with E-state index in [0.29, 0.717) is 0 Å². The second-order valence-electron chi connectivity index (χ2n) is 0.785. The molecule has 0 spiro atoms. The summed E-state index contributed by atoms with van der Waals surface area (Å²) in [5.41, 5.74) is 2.28. The molecule has 1 aliphatic rings. The molecule has 6 heavy (non-hydrogen) atoms. The van der Waals surface area contributed by atoms with Crippen LogP contribution >= 0.6 is 8.25 Å². The summed E-state index contributed by atoms with van der Waals surface area (Å²) >= 11 is 0. The average molecular weight is 109 g/mol. The minimum atomic E-state index is -2.12. The summed E-state index contributed by atoms with van der Waals surface area (Å²) in [4.78, 5) is 0. The molecule has 5 heteroatoms. The van der Waals surface area contributed by atoms with E-state index in [1.54, 1.807) is 0 Å². The van der Waals surface area contributed by atoms with E-state index >= 15 is 0 Å². The van der Waals surface area contributed by atoms with E-state index in [-0.39, 0.29) is 6.73 Å². The molecule has 1 heterocycles. The molecular weight excluding hydrogens is 105 g/mol. The summed E-state index contributed by atoms with van der Waals surface area (Å²) in [6.45, 7) is 0.248. The standard InChI is InChI=1S/CH4NO3P/c3-6-4-1-2-5-6/h2,6H,1H2. The van der Waals surface area contributed by atoms with Crippen molar-refractivity contribution in [2.45, 2.75) is 0 Å². The van der Waals surface area contributed by atoms with Crippen LogP contribution in [0.3, 0.4) is 0 Å². The summed E-state index contributed by atoms with van der Waals surface area (Å²) in [6.07, 6.45) is 0. The first kappa shape index (κ1) is 4.27. The quantitative estimate of drug-likeness (QED) is 0.440. The SMILES string of the molecule is O=[PH]1OCNO1. The Bertz CT molecular complexity index is 65.2. The van der Waals surface area contributed by atoms with Crippen molar-refractivity contribution in [3.8, 4) is 0 Å². The zero-order chi connectivity index (χ0) is 4.41. The largest absolute Gasteiger partial charge is 0.336 e. The Hall–Kier alpha value is 0.110. The molecule has 0 bridgehead atoms. The third-order valence-electron chi connectivity index (χ3n) is 0.404. The van der Waals surface area contributed by atoms with Crippen LogP contribution in [0, 0.1) is 0 Å². The molecule has 1 atom stereocenters. The molecule has 0 amide bonds. The monoisotopic (exact) mass is 109 g/mol. The van der Waals surface area contributed by atoms with Gasteiger partial charge in [-0.1, -0.05) is 0 Å². The van der Waals surface area contributed by atoms with Crippen molar-refractivity contribution in [2.75, 3.05) is 6.73 Å². The zero-order valence-electron chi connectivity index (χ0n) is 2.93. The van der Waals surface area contributed by atoms with E-state index in [9.17, 15) is 4.57 Å². The molecule has 4 nitrogen and oxygen atoms in total. The van der Waals surface area contributed by atoms with Gasteiger partial charge in [-0.05, 0) is 0 Å². The molecule has 0 radical (unpaired) electrons. The zero-order valence-corrected chi connectivity index (χ0v) is 3.93. The Kier molecular flexibility index (Phi) is 1.22. The summed E-state index contributed by atoms with van der Waals surface area (Å²) in [6, 6.07) is 0. The second-order valence-corrected chi connectivity index (χ2v) is 1.78. The highest BCUT2D eigenvalue weighted by Crippen LogP contribution is 2.24. The van der Waals surface area contributed by atoms with Gasteiger partial charge >= 0.3 is 8.25 Å². The first-order valence-corrected chi connectivity index (χ1v) is 2.68. The van der Waals surface area contributed by atoms with E-state index in [4.69, 9.17) is 0 Å². The van der Waals surface area contributed by atoms with Crippen molar-refractivity contribution in [2.24, 2.45) is 0 Å². The second kappa shape index (κ2) is 1.71. The van der Waals surface area contributed by atoms with Gasteiger partial charge in [0.1, 0.15) is 6.73 Å². The van der Waals surface area contributed by atoms with Gasteiger partial charge in [0.15, 0.2) is 0 Å². The van der Waals surface area contributed by atoms with Crippen LogP contribution in [0.1, 0.15) is 0 Å². The fraction of sp³-hybridized carbons (Fsp3) is 1.00. The molecule has 1 aliphatic heterocycles. The molecule has 0 aromatic heterocycles. The van der Waals surface area contributed by atoms with Crippen LogP contribution in [0.2, 0.25) is 0 Å². The lowest BCUT2D eigenvalue weighted by Gasteiger charge is -1.76. The molecule has 1 N–H and O–H groups in total. The number of rotatable bonds is 0. The van der Waals surface area contributed by atoms with Crippen LogP contribution in [0.5, 0.6) is 0 Å². The van der Waals surface area contributed by atoms with E-state index in [1.165, 1.54) is 0 Å². The molecule has 36 valence electrons. The fourth-order valence-corrected chi connectivity index (χ4v) is 0.619. The van der Waals surface area contributed by atoms with Crippen molar-refractivity contribution < 1.29 is 13.7 Å². The van der Waals surface area contributed by atoms with Gasteiger partial charge in [0, 0.05) is 0 Å². The van der Waals surface area contributed by atoms with Gasteiger partial charge in [0.25, 0.3) is 0 Å². The first-order valence-electron chi connectivity index (χ1n) is 1.46. The van der Waals surface area contributed by atoms with Crippen molar-refractivity contribution in [1.82, 2.24) is 5.48 Å². The van der Waals surface area contributed by atoms with Gasteiger partial charge in [0.2, 0.25) is 0 Å². The van der Waals surface area contributed by atoms with Crippen molar-refractivity contribution >= 4 is 8.25 Å². The highest BCUT2D eigenvalue weighted by atomic mass is 31.1. The Morgan fingerprint density at radius 3 is 2.83 bits per heavy atom. The minimum Gasteiger partial charge on any atom is -0.292 e. The maximum atomic E-state index is 9.92. The number of hydroxylamine groups is 1. The molecule has 1 unspecified atom stereocenters. The molecule has 0 aromatic carbocycles. The summed E-state index contributed by atoms with van der Waals surface area (Å²) < 4.78 is 18.5. The molecule has 1 fully saturated rings. The maximum Gasteiger partial charge on any atom is 0.336 e. The maximum absolute atomic E-state index is 9.92. The molecule has 1 saturated heterocycles. The van der Waals surface area contributed by atoms with Crippen LogP contribution in [0.4, 0.5) is 0 Å². The van der Waals surface area contributed by atoms with Crippen LogP contribution in [0.25, 0.3) is 0 Å². The molecule has 0 aromatic rings. The predicted octanol–water partition coefficient (Wildman–Crippen LogP) is -0.115. The topological polar surface area (TPSA) is 47.6 Å². The molecule has 1 rings (SSSR count). The number of hydrogen-bond acceptors (Lipinski definition) is 4. The third kappa shape index (κ3) is 0.786. The summed E-state index contributed by atoms with van der Waals surface area (Å²) in [7, 11) is -2.12. The van der Waals surface area contributed by atoms with Crippen LogP contribution < -0.4 is 5.48 Å². The summed E-state index contributed by atoms with van der Waals surface area (Å²) in [5.74, 6) is 0. The Morgan fingerprint density at radius 2 is 2.67 bits per heavy atom. The van der Waals surface area contributed by atoms with E-state index < -0.39 is 8.25 Å². The van der Waals surface area contributed by atoms with Crippen molar-refractivity contribution in [3.05, 3.63) is 0 Å². The van der Waals surface area contributed by atoms with Crippen molar-refractivity contribution in [3.63, 3.8) is 0 Å². The average Bonchev–Trinajstić information content (AvgIpc) is 1.86. The van der Waals surface area contributed by atoms with E-state index in [2.05, 4.69) is 14.6 Å². The van der Waals surface area contributed by atoms with Gasteiger partial charge in [-0.15, -0.1) is 0 Å². The lowest BCUT2D eigenvalue weighted by molar-refractivity contribution is 0.228. The molecular formula is CH4NO3P. The highest BCUT2D eigenvalue weighted by molar-refractivity contribution is 7.33. The lowest BCUT2D eigenvalue weighted by Crippen LogP contribution is -2.01. The highest BCUT2D eigenvalue weighted by Gasteiger charge is 2.04. The molecule has 0 saturated carbocycles. The van der Waals surface area contributed by atoms with Crippen LogP contribution in [-0.2, 0) is 13.7 Å². The number of nitrogens with one attached hydrogen (secondary N) is 1. The Labute approximate surface area is 35.3 Å². The third-order valence-corrected chi connectivity index (χ3v) is 1.10. The lowest BCUT2D eigenvalue weighted by atomic mass is 11.4. The Morgan fingerprint density at radius 1 is 1.83 bits per heavy atom. The van der Waals surface area contributed by atoms with Gasteiger partial charge < -0.3 is 0 Å². The first-order chi connectivity index (χ1) is 2.89. The predicted molar refractivity (Wildman–Crippen MR) is 19.2 cm³/mol. The van der Waals surface area contributed by atoms with Gasteiger partial charge in [-0.2, -0.15) is 5.48 Å². The molecule has 0 aliphatic carbocycles. The normalized spacial score (nSPS) is 34.3. The minimum absolute atomic E-state index is 0.248. The van der Waals surface area contributed by atoms with Crippen LogP contribution in [0.15, 0.2) is 0 Å². The van der Waals surface area contributed by atoms with Crippen LogP contribution in [-0.4, -0.2) is 6.73 Å². The summed E-state index contributed by atoms with van der Waals surface area (Å²) in [5, 5.41) is 0. The van der Waals surface area contributed by atoms with Gasteiger partial charge in [-0.3, -0.25) is 9.09 Å². The number of hydrogen-bond donors (Lipinski definition) is 1. The van der Waals surface area contributed by atoms with Crippen molar-refractivity contribution in [1.29, 1.82) is 0 Å². The van der Waals surface area contributed by atoms with Gasteiger partial charge in [0.05, 0.1) is 0 Å². The fourth-order valence-electron chi connectivity index (χ4n) is 0.206. The smallest absolute Gasteiger partial charge is 0.292 e. The Balaban J connectivity index is 2.37. The van der Waals surface area contributed by atoms with Gasteiger partial charge in [-0.25, -0.2) is 4.62 Å².